The van der Waals surface area contributed by atoms with Gasteiger partial charge < -0.3 is 15.2 Å². The van der Waals surface area contributed by atoms with Crippen LogP contribution in [-0.2, 0) is 0 Å². The number of hydrogen-bond donors (Lipinski definition) is 2. The topological polar surface area (TPSA) is 81.3 Å². The van der Waals surface area contributed by atoms with Gasteiger partial charge in [0, 0.05) is 33.8 Å². The van der Waals surface area contributed by atoms with Crippen molar-refractivity contribution in [1.29, 1.82) is 0 Å². The largest absolute Gasteiger partial charge is 0.508 e. The molecule has 0 fully saturated rings. The molecule has 0 radical (unpaired) electrons. The maximum atomic E-state index is 14.5. The summed E-state index contributed by atoms with van der Waals surface area (Å²) in [6, 6.07) is 29.8. The Morgan fingerprint density at radius 1 is 0.875 bits per heavy atom. The van der Waals surface area contributed by atoms with Crippen molar-refractivity contribution in [2.24, 2.45) is 0 Å². The lowest BCUT2D eigenvalue weighted by Crippen LogP contribution is -2.20. The second-order valence-electron chi connectivity index (χ2n) is 8.92. The number of phenols is 1. The molecule has 2 aromatic heterocycles. The first-order valence-electron chi connectivity index (χ1n) is 12.4. The molecule has 0 aliphatic rings. The maximum absolute atomic E-state index is 14.5. The molecule has 2 heterocycles. The van der Waals surface area contributed by atoms with Gasteiger partial charge >= 0.3 is 0 Å². The van der Waals surface area contributed by atoms with Crippen molar-refractivity contribution in [3.8, 4) is 22.9 Å². The van der Waals surface area contributed by atoms with Crippen LogP contribution in [0.3, 0.4) is 0 Å². The SMILES string of the molecule is COc1cccc(Sc2cc(Nc3ccccn3)cc3c2c(=O)n(-c2cc(O)cc(F)c2)n3-c2ccccc2)c1. The Hall–Kier alpha value is -5.02. The van der Waals surface area contributed by atoms with E-state index in [0.29, 0.717) is 38.7 Å². The first-order chi connectivity index (χ1) is 19.5. The molecule has 40 heavy (non-hydrogen) atoms. The van der Waals surface area contributed by atoms with Crippen LogP contribution in [0.1, 0.15) is 0 Å². The molecule has 0 spiro atoms. The summed E-state index contributed by atoms with van der Waals surface area (Å²) in [5.74, 6) is 0.395. The van der Waals surface area contributed by atoms with Crippen molar-refractivity contribution in [3.05, 3.63) is 125 Å². The summed E-state index contributed by atoms with van der Waals surface area (Å²) >= 11 is 1.41. The van der Waals surface area contributed by atoms with Crippen LogP contribution in [-0.4, -0.2) is 26.6 Å². The number of nitrogens with zero attached hydrogens (tertiary/aromatic N) is 3. The number of methoxy groups -OCH3 is 1. The van der Waals surface area contributed by atoms with E-state index in [0.717, 1.165) is 11.0 Å². The molecule has 0 saturated carbocycles. The van der Waals surface area contributed by atoms with Gasteiger partial charge in [0.2, 0.25) is 0 Å². The molecule has 0 amide bonds. The van der Waals surface area contributed by atoms with Crippen molar-refractivity contribution >= 4 is 34.2 Å². The number of aromatic nitrogens is 3. The van der Waals surface area contributed by atoms with Gasteiger partial charge in [-0.25, -0.2) is 18.7 Å². The van der Waals surface area contributed by atoms with E-state index in [-0.39, 0.29) is 17.0 Å². The van der Waals surface area contributed by atoms with Crippen LogP contribution in [0.25, 0.3) is 22.3 Å². The molecule has 0 bridgehead atoms. The monoisotopic (exact) mass is 550 g/mol. The number of anilines is 2. The Labute approximate surface area is 233 Å². The number of para-hydroxylation sites is 1. The molecule has 0 unspecified atom stereocenters. The Bertz CT molecular complexity index is 1870. The Morgan fingerprint density at radius 2 is 1.70 bits per heavy atom. The summed E-state index contributed by atoms with van der Waals surface area (Å²) in [6.45, 7) is 0. The van der Waals surface area contributed by atoms with Gasteiger partial charge in [-0.1, -0.05) is 42.1 Å². The van der Waals surface area contributed by atoms with Gasteiger partial charge in [0.1, 0.15) is 23.1 Å². The van der Waals surface area contributed by atoms with Gasteiger partial charge in [-0.05, 0) is 60.7 Å². The second-order valence-corrected chi connectivity index (χ2v) is 10.0. The van der Waals surface area contributed by atoms with Gasteiger partial charge in [-0.3, -0.25) is 4.79 Å². The van der Waals surface area contributed by atoms with Gasteiger partial charge in [0.25, 0.3) is 5.56 Å². The van der Waals surface area contributed by atoms with E-state index in [1.54, 1.807) is 18.0 Å². The third-order valence-corrected chi connectivity index (χ3v) is 7.27. The Morgan fingerprint density at radius 3 is 2.45 bits per heavy atom. The lowest BCUT2D eigenvalue weighted by molar-refractivity contribution is 0.413. The molecular weight excluding hydrogens is 527 g/mol. The van der Waals surface area contributed by atoms with Crippen LogP contribution in [0.2, 0.25) is 0 Å². The summed E-state index contributed by atoms with van der Waals surface area (Å²) in [6.07, 6.45) is 1.69. The van der Waals surface area contributed by atoms with Crippen LogP contribution < -0.4 is 15.6 Å². The zero-order chi connectivity index (χ0) is 27.6. The van der Waals surface area contributed by atoms with Crippen LogP contribution in [0, 0.1) is 5.82 Å². The molecule has 2 N–H and O–H groups in total. The fraction of sp³-hybridized carbons (Fsp3) is 0.0323. The third kappa shape index (κ3) is 4.90. The van der Waals surface area contributed by atoms with Crippen LogP contribution >= 0.6 is 11.8 Å². The number of ether oxygens (including phenoxy) is 1. The normalized spacial score (nSPS) is 11.1. The van der Waals surface area contributed by atoms with Crippen molar-refractivity contribution < 1.29 is 14.2 Å². The first kappa shape index (κ1) is 25.3. The summed E-state index contributed by atoms with van der Waals surface area (Å²) in [5, 5.41) is 14.0. The molecule has 0 aliphatic carbocycles. The average Bonchev–Trinajstić information content (AvgIpc) is 3.26. The summed E-state index contributed by atoms with van der Waals surface area (Å²) < 4.78 is 23.0. The zero-order valence-electron chi connectivity index (χ0n) is 21.3. The highest BCUT2D eigenvalue weighted by atomic mass is 32.2. The van der Waals surface area contributed by atoms with Gasteiger partial charge in [0.15, 0.2) is 0 Å². The summed E-state index contributed by atoms with van der Waals surface area (Å²) in [5.41, 5.74) is 1.82. The van der Waals surface area contributed by atoms with Crippen molar-refractivity contribution in [3.63, 3.8) is 0 Å². The second kappa shape index (κ2) is 10.6. The number of fused-ring (bicyclic) bond motifs is 1. The van der Waals surface area contributed by atoms with Crippen molar-refractivity contribution in [2.75, 3.05) is 12.4 Å². The first-order valence-corrected chi connectivity index (χ1v) is 13.2. The fourth-order valence-corrected chi connectivity index (χ4v) is 5.61. The van der Waals surface area contributed by atoms with Gasteiger partial charge in [-0.15, -0.1) is 0 Å². The molecule has 4 aromatic carbocycles. The molecule has 0 aliphatic heterocycles. The molecule has 9 heteroatoms. The van der Waals surface area contributed by atoms with Gasteiger partial charge in [0.05, 0.1) is 29.4 Å². The third-order valence-electron chi connectivity index (χ3n) is 6.23. The molecule has 0 atom stereocenters. The highest BCUT2D eigenvalue weighted by Gasteiger charge is 2.22. The maximum Gasteiger partial charge on any atom is 0.280 e. The van der Waals surface area contributed by atoms with E-state index in [1.165, 1.54) is 28.6 Å². The smallest absolute Gasteiger partial charge is 0.280 e. The number of pyridine rings is 1. The summed E-state index contributed by atoms with van der Waals surface area (Å²) in [4.78, 5) is 20.2. The molecular formula is C31H23FN4O3S. The predicted molar refractivity (Wildman–Crippen MR) is 155 cm³/mol. The minimum absolute atomic E-state index is 0.194. The van der Waals surface area contributed by atoms with E-state index >= 15 is 0 Å². The van der Waals surface area contributed by atoms with Gasteiger partial charge in [-0.2, -0.15) is 0 Å². The number of aromatic hydroxyl groups is 1. The number of phenolic OH excluding ortho intramolecular Hbond substituents is 1. The average molecular weight is 551 g/mol. The lowest BCUT2D eigenvalue weighted by Gasteiger charge is -2.14. The van der Waals surface area contributed by atoms with Crippen molar-refractivity contribution in [1.82, 2.24) is 14.3 Å². The number of halogens is 1. The van der Waals surface area contributed by atoms with Crippen LogP contribution in [0.15, 0.2) is 124 Å². The minimum atomic E-state index is -0.657. The van der Waals surface area contributed by atoms with Crippen molar-refractivity contribution in [2.45, 2.75) is 9.79 Å². The molecule has 198 valence electrons. The quantitative estimate of drug-likeness (QED) is 0.225. The predicted octanol–water partition coefficient (Wildman–Crippen LogP) is 6.92. The zero-order valence-corrected chi connectivity index (χ0v) is 22.1. The fourth-order valence-electron chi connectivity index (χ4n) is 4.55. The number of rotatable bonds is 7. The van der Waals surface area contributed by atoms with E-state index in [2.05, 4.69) is 10.3 Å². The number of benzene rings is 4. The van der Waals surface area contributed by atoms with Crippen LogP contribution in [0.5, 0.6) is 11.5 Å². The molecule has 6 rings (SSSR count). The van der Waals surface area contributed by atoms with E-state index < -0.39 is 5.82 Å². The molecule has 7 nitrogen and oxygen atoms in total. The molecule has 0 saturated heterocycles. The number of nitrogens with one attached hydrogen (secondary N) is 1. The highest BCUT2D eigenvalue weighted by molar-refractivity contribution is 7.99. The number of hydrogen-bond acceptors (Lipinski definition) is 6. The Balaban J connectivity index is 1.66. The van der Waals surface area contributed by atoms with E-state index in [4.69, 9.17) is 4.74 Å². The van der Waals surface area contributed by atoms with E-state index in [1.807, 2.05) is 84.9 Å². The standard InChI is InChI=1S/C31H23FN4O3S/c1-39-25-10-7-11-26(19-25)40-28-17-21(34-29-12-5-6-13-33-29)16-27-30(28)31(38)36(23-14-20(32)15-24(37)18-23)35(27)22-8-3-2-4-9-22/h2-19,37H,1H3,(H,33,34). The minimum Gasteiger partial charge on any atom is -0.508 e. The lowest BCUT2D eigenvalue weighted by atomic mass is 10.2. The molecule has 6 aromatic rings. The Kier molecular flexibility index (Phi) is 6.71. The summed E-state index contributed by atoms with van der Waals surface area (Å²) in [7, 11) is 1.60. The van der Waals surface area contributed by atoms with Crippen LogP contribution in [0.4, 0.5) is 15.9 Å². The van der Waals surface area contributed by atoms with E-state index in [9.17, 15) is 14.3 Å². The highest BCUT2D eigenvalue weighted by Crippen LogP contribution is 2.38.